The van der Waals surface area contributed by atoms with Gasteiger partial charge in [-0.1, -0.05) is 69.7 Å². The summed E-state index contributed by atoms with van der Waals surface area (Å²) in [5, 5.41) is 0. The molecule has 0 radical (unpaired) electrons. The topological polar surface area (TPSA) is 6.48 Å². The predicted octanol–water partition coefficient (Wildman–Crippen LogP) is 9.28. The lowest BCUT2D eigenvalue weighted by Gasteiger charge is -2.45. The molecule has 1 saturated heterocycles. The van der Waals surface area contributed by atoms with E-state index in [1.807, 2.05) is 12.2 Å². The van der Waals surface area contributed by atoms with Crippen molar-refractivity contribution in [1.82, 2.24) is 9.80 Å². The van der Waals surface area contributed by atoms with E-state index >= 15 is 0 Å². The van der Waals surface area contributed by atoms with Gasteiger partial charge in [-0.25, -0.2) is 4.39 Å². The van der Waals surface area contributed by atoms with Crippen LogP contribution in [0.1, 0.15) is 87.0 Å². The number of hydrogen-bond donors (Lipinski definition) is 0. The molecule has 1 aliphatic heterocycles. The second-order valence-corrected chi connectivity index (χ2v) is 9.98. The third-order valence-corrected chi connectivity index (χ3v) is 6.83. The molecule has 1 unspecified atom stereocenters. The number of nitrogens with zero attached hydrogens (tertiary/aromatic N) is 2. The molecule has 0 amide bonds. The third-order valence-electron chi connectivity index (χ3n) is 6.83. The Morgan fingerprint density at radius 1 is 1.11 bits per heavy atom. The van der Waals surface area contributed by atoms with Crippen LogP contribution in [0.4, 0.5) is 4.39 Å². The summed E-state index contributed by atoms with van der Waals surface area (Å²) >= 11 is 0. The summed E-state index contributed by atoms with van der Waals surface area (Å²) < 4.78 is 13.4. The Labute approximate surface area is 216 Å². The number of likely N-dealkylation sites (tertiary alicyclic amines) is 1. The van der Waals surface area contributed by atoms with E-state index in [0.717, 1.165) is 68.8 Å². The zero-order valence-corrected chi connectivity index (χ0v) is 23.7. The van der Waals surface area contributed by atoms with E-state index in [9.17, 15) is 4.39 Å². The summed E-state index contributed by atoms with van der Waals surface area (Å²) in [6.45, 7) is 30.3. The molecule has 3 heteroatoms. The molecule has 0 aliphatic carbocycles. The maximum atomic E-state index is 13.4. The van der Waals surface area contributed by atoms with Crippen LogP contribution in [0, 0.1) is 5.92 Å². The van der Waals surface area contributed by atoms with E-state index < -0.39 is 6.17 Å². The maximum absolute atomic E-state index is 13.4. The predicted molar refractivity (Wildman–Crippen MR) is 154 cm³/mol. The lowest BCUT2D eigenvalue weighted by Crippen LogP contribution is -2.46. The van der Waals surface area contributed by atoms with E-state index in [4.69, 9.17) is 0 Å². The molecule has 196 valence electrons. The van der Waals surface area contributed by atoms with E-state index in [2.05, 4.69) is 77.3 Å². The molecule has 0 saturated carbocycles. The molecule has 0 bridgehead atoms. The first-order valence-electron chi connectivity index (χ1n) is 13.5. The Balaban J connectivity index is 3.72. The van der Waals surface area contributed by atoms with Gasteiger partial charge < -0.3 is 9.80 Å². The van der Waals surface area contributed by atoms with E-state index in [0.29, 0.717) is 0 Å². The van der Waals surface area contributed by atoms with Gasteiger partial charge in [0.25, 0.3) is 0 Å². The first kappa shape index (κ1) is 30.7. The van der Waals surface area contributed by atoms with Gasteiger partial charge in [-0.05, 0) is 82.4 Å². The van der Waals surface area contributed by atoms with Gasteiger partial charge in [0.05, 0.1) is 0 Å². The first-order chi connectivity index (χ1) is 16.6. The van der Waals surface area contributed by atoms with Crippen LogP contribution in [0.5, 0.6) is 0 Å². The van der Waals surface area contributed by atoms with Gasteiger partial charge in [-0.15, -0.1) is 6.58 Å². The monoisotopic (exact) mass is 482 g/mol. The average molecular weight is 483 g/mol. The standard InChI is InChI=1S/C32H51FN2/c1-11-17-29(25(7)8)23-34(20-16-15-19-26(9)33)31(18-12-2)30(14-4)32(27(10)24(5)6)35-21-28(13-3)22-35/h11,15,19,23,26,28H,1,5,7,12-14,16-18,20-22H2,2-4,6,8-10H3/b19-15-,29-23+,31-30+,32-27+. The Kier molecular flexibility index (Phi) is 13.7. The van der Waals surface area contributed by atoms with Crippen LogP contribution in [0.15, 0.2) is 83.4 Å². The van der Waals surface area contributed by atoms with Crippen LogP contribution in [0.3, 0.4) is 0 Å². The first-order valence-corrected chi connectivity index (χ1v) is 13.5. The summed E-state index contributed by atoms with van der Waals surface area (Å²) in [4.78, 5) is 4.97. The molecule has 1 aliphatic rings. The fourth-order valence-electron chi connectivity index (χ4n) is 4.54. The molecule has 1 rings (SSSR count). The van der Waals surface area contributed by atoms with E-state index in [1.54, 1.807) is 13.0 Å². The Morgan fingerprint density at radius 2 is 1.77 bits per heavy atom. The normalized spacial score (nSPS) is 17.0. The lowest BCUT2D eigenvalue weighted by molar-refractivity contribution is 0.140. The average Bonchev–Trinajstić information content (AvgIpc) is 2.77. The molecule has 0 aromatic carbocycles. The SMILES string of the molecule is C=CC/C(=C\N(CC/C=C\C(C)F)/C(CCC)=C(CC)/C(=C(/C)C(=C)C)N1CC(CC)C1)C(=C)C. The number of hydrogen-bond acceptors (Lipinski definition) is 2. The molecule has 0 N–H and O–H groups in total. The molecule has 1 atom stereocenters. The fourth-order valence-corrected chi connectivity index (χ4v) is 4.54. The Bertz CT molecular complexity index is 847. The quantitative estimate of drug-likeness (QED) is 0.160. The molecule has 35 heavy (non-hydrogen) atoms. The number of alkyl halides is 1. The van der Waals surface area contributed by atoms with Crippen LogP contribution in [0.25, 0.3) is 0 Å². The minimum absolute atomic E-state index is 0.766. The number of halogens is 1. The van der Waals surface area contributed by atoms with Crippen molar-refractivity contribution in [3.05, 3.63) is 83.4 Å². The summed E-state index contributed by atoms with van der Waals surface area (Å²) in [6.07, 6.45) is 12.7. The van der Waals surface area contributed by atoms with Crippen LogP contribution in [-0.2, 0) is 0 Å². The Hall–Kier alpha value is -2.29. The summed E-state index contributed by atoms with van der Waals surface area (Å²) in [7, 11) is 0. The highest BCUT2D eigenvalue weighted by Crippen LogP contribution is 2.36. The molecular weight excluding hydrogens is 431 g/mol. The maximum Gasteiger partial charge on any atom is 0.115 e. The smallest absolute Gasteiger partial charge is 0.115 e. The van der Waals surface area contributed by atoms with Crippen molar-refractivity contribution in [2.45, 2.75) is 93.2 Å². The molecule has 0 aromatic heterocycles. The lowest BCUT2D eigenvalue weighted by atomic mass is 9.90. The number of rotatable bonds is 16. The minimum atomic E-state index is -0.923. The van der Waals surface area contributed by atoms with Crippen LogP contribution in [-0.4, -0.2) is 35.6 Å². The van der Waals surface area contributed by atoms with Crippen molar-refractivity contribution in [2.75, 3.05) is 19.6 Å². The van der Waals surface area contributed by atoms with Gasteiger partial charge in [0.15, 0.2) is 0 Å². The Morgan fingerprint density at radius 3 is 2.23 bits per heavy atom. The van der Waals surface area contributed by atoms with Crippen LogP contribution >= 0.6 is 0 Å². The van der Waals surface area contributed by atoms with Gasteiger partial charge in [0.2, 0.25) is 0 Å². The zero-order valence-electron chi connectivity index (χ0n) is 23.7. The highest BCUT2D eigenvalue weighted by molar-refractivity contribution is 5.45. The molecule has 1 fully saturated rings. The van der Waals surface area contributed by atoms with Crippen LogP contribution in [0.2, 0.25) is 0 Å². The molecule has 0 spiro atoms. The van der Waals surface area contributed by atoms with Gasteiger partial charge in [-0.2, -0.15) is 0 Å². The second kappa shape index (κ2) is 15.7. The minimum Gasteiger partial charge on any atom is -0.370 e. The van der Waals surface area contributed by atoms with Crippen LogP contribution < -0.4 is 0 Å². The fraction of sp³-hybridized carbons (Fsp3) is 0.562. The van der Waals surface area contributed by atoms with Gasteiger partial charge >= 0.3 is 0 Å². The summed E-state index contributed by atoms with van der Waals surface area (Å²) in [5.41, 5.74) is 8.77. The third kappa shape index (κ3) is 9.35. The van der Waals surface area contributed by atoms with E-state index in [1.165, 1.54) is 34.5 Å². The van der Waals surface area contributed by atoms with Crippen molar-refractivity contribution in [2.24, 2.45) is 5.92 Å². The summed E-state index contributed by atoms with van der Waals surface area (Å²) in [6, 6.07) is 0. The molecular formula is C32H51FN2. The molecule has 2 nitrogen and oxygen atoms in total. The number of allylic oxidation sites excluding steroid dienone is 8. The van der Waals surface area contributed by atoms with Crippen molar-refractivity contribution < 1.29 is 4.39 Å². The second-order valence-electron chi connectivity index (χ2n) is 9.98. The molecule has 0 aromatic rings. The van der Waals surface area contributed by atoms with Crippen molar-refractivity contribution >= 4 is 0 Å². The largest absolute Gasteiger partial charge is 0.370 e. The van der Waals surface area contributed by atoms with Crippen molar-refractivity contribution in [1.29, 1.82) is 0 Å². The van der Waals surface area contributed by atoms with Crippen molar-refractivity contribution in [3.8, 4) is 0 Å². The van der Waals surface area contributed by atoms with Gasteiger partial charge in [-0.3, -0.25) is 0 Å². The highest BCUT2D eigenvalue weighted by Gasteiger charge is 2.31. The summed E-state index contributed by atoms with van der Waals surface area (Å²) in [5.74, 6) is 0.766. The van der Waals surface area contributed by atoms with E-state index in [-0.39, 0.29) is 0 Å². The zero-order chi connectivity index (χ0) is 26.5. The molecule has 1 heterocycles. The highest BCUT2D eigenvalue weighted by atomic mass is 19.1. The van der Waals surface area contributed by atoms with Gasteiger partial charge in [0.1, 0.15) is 6.17 Å². The van der Waals surface area contributed by atoms with Gasteiger partial charge in [0, 0.05) is 37.2 Å². The van der Waals surface area contributed by atoms with Crippen molar-refractivity contribution in [3.63, 3.8) is 0 Å².